The Kier molecular flexibility index (Phi) is 3.77. The second kappa shape index (κ2) is 5.31. The molecule has 1 amide bonds. The molecule has 4 nitrogen and oxygen atoms in total. The van der Waals surface area contributed by atoms with Crippen molar-refractivity contribution in [2.24, 2.45) is 5.92 Å². The number of hydrogen-bond donors (Lipinski definition) is 1. The van der Waals surface area contributed by atoms with Crippen LogP contribution in [-0.4, -0.2) is 18.2 Å². The van der Waals surface area contributed by atoms with Crippen LogP contribution in [0.4, 0.5) is 0 Å². The Bertz CT molecular complexity index is 480. The molecule has 1 aromatic rings. The van der Waals surface area contributed by atoms with Gasteiger partial charge in [0.15, 0.2) is 5.78 Å². The molecule has 0 saturated carbocycles. The fourth-order valence-corrected chi connectivity index (χ4v) is 1.79. The van der Waals surface area contributed by atoms with Crippen LogP contribution >= 0.6 is 0 Å². The van der Waals surface area contributed by atoms with Crippen LogP contribution in [0.15, 0.2) is 18.2 Å². The number of carbonyl (C=O) groups excluding carboxylic acids is 2. The van der Waals surface area contributed by atoms with Crippen molar-refractivity contribution in [1.82, 2.24) is 5.32 Å². The highest BCUT2D eigenvalue weighted by Crippen LogP contribution is 2.20. The predicted octanol–water partition coefficient (Wildman–Crippen LogP) is 1.67. The Hall–Kier alpha value is -1.68. The van der Waals surface area contributed by atoms with Gasteiger partial charge < -0.3 is 10.1 Å². The Morgan fingerprint density at radius 3 is 2.72 bits per heavy atom. The molecule has 0 saturated heterocycles. The number of ketones is 1. The van der Waals surface area contributed by atoms with E-state index >= 15 is 0 Å². The molecular weight excluding hydrogens is 230 g/mol. The van der Waals surface area contributed by atoms with Gasteiger partial charge in [0, 0.05) is 11.5 Å². The van der Waals surface area contributed by atoms with Crippen molar-refractivity contribution in [3.63, 3.8) is 0 Å². The predicted molar refractivity (Wildman–Crippen MR) is 67.1 cm³/mol. The molecule has 0 aliphatic carbocycles. The van der Waals surface area contributed by atoms with Crippen molar-refractivity contribution >= 4 is 11.7 Å². The number of carbonyl (C=O) groups is 2. The van der Waals surface area contributed by atoms with Gasteiger partial charge in [-0.15, -0.1) is 0 Å². The first-order valence-electron chi connectivity index (χ1n) is 6.08. The van der Waals surface area contributed by atoms with E-state index < -0.39 is 0 Å². The van der Waals surface area contributed by atoms with E-state index in [9.17, 15) is 9.59 Å². The first-order valence-corrected chi connectivity index (χ1v) is 6.08. The second-order valence-corrected chi connectivity index (χ2v) is 4.78. The molecule has 2 rings (SSSR count). The topological polar surface area (TPSA) is 55.4 Å². The number of rotatable bonds is 4. The quantitative estimate of drug-likeness (QED) is 0.880. The van der Waals surface area contributed by atoms with Gasteiger partial charge in [0.1, 0.15) is 0 Å². The van der Waals surface area contributed by atoms with Crippen LogP contribution in [0.25, 0.3) is 0 Å². The fourth-order valence-electron chi connectivity index (χ4n) is 1.79. The SMILES string of the molecule is CC(C)C(=O)CNC(=O)c1ccc2c(c1)COC2. The van der Waals surface area contributed by atoms with Gasteiger partial charge in [-0.1, -0.05) is 19.9 Å². The van der Waals surface area contributed by atoms with Gasteiger partial charge in [0.25, 0.3) is 5.91 Å². The molecular formula is C14H17NO3. The van der Waals surface area contributed by atoms with E-state index in [2.05, 4.69) is 5.32 Å². The minimum atomic E-state index is -0.210. The van der Waals surface area contributed by atoms with Crippen molar-refractivity contribution in [3.05, 3.63) is 34.9 Å². The van der Waals surface area contributed by atoms with E-state index in [1.54, 1.807) is 6.07 Å². The number of benzene rings is 1. The van der Waals surface area contributed by atoms with Crippen molar-refractivity contribution in [2.75, 3.05) is 6.54 Å². The number of fused-ring (bicyclic) bond motifs is 1. The van der Waals surface area contributed by atoms with Crippen LogP contribution < -0.4 is 5.32 Å². The zero-order valence-electron chi connectivity index (χ0n) is 10.7. The lowest BCUT2D eigenvalue weighted by atomic mass is 10.1. The number of amides is 1. The number of Topliss-reactive ketones (excluding diaryl/α,β-unsaturated/α-hetero) is 1. The van der Waals surface area contributed by atoms with Gasteiger partial charge in [-0.05, 0) is 23.3 Å². The molecule has 1 aliphatic rings. The summed E-state index contributed by atoms with van der Waals surface area (Å²) in [5.41, 5.74) is 2.76. The first kappa shape index (κ1) is 12.8. The Balaban J connectivity index is 1.99. The summed E-state index contributed by atoms with van der Waals surface area (Å²) in [5.74, 6) is -0.231. The van der Waals surface area contributed by atoms with E-state index in [4.69, 9.17) is 4.74 Å². The molecule has 0 unspecified atom stereocenters. The molecule has 4 heteroatoms. The minimum Gasteiger partial charge on any atom is -0.372 e. The lowest BCUT2D eigenvalue weighted by Crippen LogP contribution is -2.31. The van der Waals surface area contributed by atoms with E-state index in [1.165, 1.54) is 0 Å². The minimum absolute atomic E-state index is 0.0350. The molecule has 1 N–H and O–H groups in total. The van der Waals surface area contributed by atoms with Crippen LogP contribution in [0.3, 0.4) is 0 Å². The third kappa shape index (κ3) is 2.76. The standard InChI is InChI=1S/C14H17NO3/c1-9(2)13(16)6-15-14(17)10-3-4-11-7-18-8-12(11)5-10/h3-5,9H,6-8H2,1-2H3,(H,15,17). The molecule has 1 aliphatic heterocycles. The van der Waals surface area contributed by atoms with Gasteiger partial charge >= 0.3 is 0 Å². The summed E-state index contributed by atoms with van der Waals surface area (Å²) in [6.45, 7) is 4.90. The summed E-state index contributed by atoms with van der Waals surface area (Å²) < 4.78 is 5.29. The first-order chi connectivity index (χ1) is 8.58. The molecule has 18 heavy (non-hydrogen) atoms. The summed E-state index contributed by atoms with van der Waals surface area (Å²) in [7, 11) is 0. The highest BCUT2D eigenvalue weighted by molar-refractivity contribution is 5.97. The lowest BCUT2D eigenvalue weighted by molar-refractivity contribution is -0.120. The molecule has 0 aromatic heterocycles. The number of nitrogens with one attached hydrogen (secondary N) is 1. The molecule has 1 heterocycles. The van der Waals surface area contributed by atoms with Crippen LogP contribution in [0.2, 0.25) is 0 Å². The summed E-state index contributed by atoms with van der Waals surface area (Å²) in [6.07, 6.45) is 0. The molecule has 1 aromatic carbocycles. The Morgan fingerprint density at radius 2 is 2.00 bits per heavy atom. The fraction of sp³-hybridized carbons (Fsp3) is 0.429. The van der Waals surface area contributed by atoms with Gasteiger partial charge in [0.05, 0.1) is 19.8 Å². The van der Waals surface area contributed by atoms with Crippen molar-refractivity contribution in [2.45, 2.75) is 27.1 Å². The zero-order chi connectivity index (χ0) is 13.1. The van der Waals surface area contributed by atoms with Gasteiger partial charge in [0.2, 0.25) is 0 Å². The summed E-state index contributed by atoms with van der Waals surface area (Å²) >= 11 is 0. The van der Waals surface area contributed by atoms with E-state index in [-0.39, 0.29) is 24.2 Å². The van der Waals surface area contributed by atoms with Crippen LogP contribution in [0, 0.1) is 5.92 Å². The maximum Gasteiger partial charge on any atom is 0.251 e. The molecule has 0 radical (unpaired) electrons. The highest BCUT2D eigenvalue weighted by Gasteiger charge is 2.15. The van der Waals surface area contributed by atoms with Crippen LogP contribution in [0.5, 0.6) is 0 Å². The maximum absolute atomic E-state index is 11.9. The van der Waals surface area contributed by atoms with Crippen molar-refractivity contribution in [1.29, 1.82) is 0 Å². The molecule has 0 bridgehead atoms. The van der Waals surface area contributed by atoms with E-state index in [1.807, 2.05) is 26.0 Å². The lowest BCUT2D eigenvalue weighted by Gasteiger charge is -2.07. The highest BCUT2D eigenvalue weighted by atomic mass is 16.5. The average molecular weight is 247 g/mol. The average Bonchev–Trinajstić information content (AvgIpc) is 2.82. The third-order valence-electron chi connectivity index (χ3n) is 3.05. The molecule has 0 spiro atoms. The maximum atomic E-state index is 11.9. The van der Waals surface area contributed by atoms with Gasteiger partial charge in [-0.25, -0.2) is 0 Å². The second-order valence-electron chi connectivity index (χ2n) is 4.78. The van der Waals surface area contributed by atoms with Crippen molar-refractivity contribution < 1.29 is 14.3 Å². The number of hydrogen-bond acceptors (Lipinski definition) is 3. The molecule has 0 fully saturated rings. The third-order valence-corrected chi connectivity index (χ3v) is 3.05. The monoisotopic (exact) mass is 247 g/mol. The van der Waals surface area contributed by atoms with E-state index in [0.717, 1.165) is 11.1 Å². The zero-order valence-corrected chi connectivity index (χ0v) is 10.7. The van der Waals surface area contributed by atoms with Gasteiger partial charge in [-0.3, -0.25) is 9.59 Å². The molecule has 0 atom stereocenters. The number of ether oxygens (including phenoxy) is 1. The largest absolute Gasteiger partial charge is 0.372 e. The van der Waals surface area contributed by atoms with E-state index in [0.29, 0.717) is 18.8 Å². The Morgan fingerprint density at radius 1 is 1.28 bits per heavy atom. The van der Waals surface area contributed by atoms with Crippen LogP contribution in [-0.2, 0) is 22.7 Å². The normalized spacial score (nSPS) is 13.5. The Labute approximate surface area is 106 Å². The summed E-state index contributed by atoms with van der Waals surface area (Å²) in [5, 5.41) is 2.64. The summed E-state index contributed by atoms with van der Waals surface area (Å²) in [4.78, 5) is 23.3. The van der Waals surface area contributed by atoms with Gasteiger partial charge in [-0.2, -0.15) is 0 Å². The molecule has 96 valence electrons. The van der Waals surface area contributed by atoms with Crippen LogP contribution in [0.1, 0.15) is 35.3 Å². The smallest absolute Gasteiger partial charge is 0.251 e. The van der Waals surface area contributed by atoms with Crippen molar-refractivity contribution in [3.8, 4) is 0 Å². The summed E-state index contributed by atoms with van der Waals surface area (Å²) in [6, 6.07) is 5.50.